The molecule has 94 valence electrons. The molecule has 0 atom stereocenters. The van der Waals surface area contributed by atoms with Crippen LogP contribution >= 0.6 is 11.3 Å². The molecule has 2 rings (SSSR count). The zero-order valence-electron chi connectivity index (χ0n) is 10.2. The van der Waals surface area contributed by atoms with Gasteiger partial charge in [0.05, 0.1) is 23.3 Å². The summed E-state index contributed by atoms with van der Waals surface area (Å²) in [6, 6.07) is 5.26. The van der Waals surface area contributed by atoms with E-state index in [2.05, 4.69) is 10.3 Å². The smallest absolute Gasteiger partial charge is 0.335 e. The molecule has 18 heavy (non-hydrogen) atoms. The molecule has 0 amide bonds. The van der Waals surface area contributed by atoms with E-state index in [9.17, 15) is 4.79 Å². The van der Waals surface area contributed by atoms with Crippen LogP contribution in [-0.2, 0) is 6.54 Å². The minimum absolute atomic E-state index is 0.342. The molecule has 0 aliphatic heterocycles. The number of nitrogens with one attached hydrogen (secondary N) is 1. The van der Waals surface area contributed by atoms with Gasteiger partial charge in [-0.1, -0.05) is 0 Å². The van der Waals surface area contributed by atoms with Gasteiger partial charge in [0, 0.05) is 10.6 Å². The monoisotopic (exact) mass is 262 g/mol. The van der Waals surface area contributed by atoms with Crippen LogP contribution in [-0.4, -0.2) is 16.1 Å². The number of anilines is 1. The van der Waals surface area contributed by atoms with Gasteiger partial charge in [-0.3, -0.25) is 0 Å². The Morgan fingerprint density at radius 3 is 2.78 bits per heavy atom. The minimum Gasteiger partial charge on any atom is -0.478 e. The van der Waals surface area contributed by atoms with Crippen molar-refractivity contribution in [1.29, 1.82) is 0 Å². The summed E-state index contributed by atoms with van der Waals surface area (Å²) >= 11 is 1.61. The summed E-state index contributed by atoms with van der Waals surface area (Å²) < 4.78 is 0. The molecular weight excluding hydrogens is 248 g/mol. The van der Waals surface area contributed by atoms with E-state index in [0.717, 1.165) is 16.9 Å². The van der Waals surface area contributed by atoms with E-state index in [1.54, 1.807) is 30.4 Å². The van der Waals surface area contributed by atoms with Crippen LogP contribution in [0.2, 0.25) is 0 Å². The maximum Gasteiger partial charge on any atom is 0.335 e. The van der Waals surface area contributed by atoms with E-state index < -0.39 is 5.97 Å². The Morgan fingerprint density at radius 2 is 2.22 bits per heavy atom. The number of aromatic carboxylic acids is 1. The standard InChI is InChI=1S/C13H14N2O2S/c1-8-5-10(3-4-11(8)13(16)17)14-6-12-9(2)15-7-18-12/h3-5,7,14H,6H2,1-2H3,(H,16,17). The van der Waals surface area contributed by atoms with Crippen molar-refractivity contribution in [3.8, 4) is 0 Å². The van der Waals surface area contributed by atoms with Gasteiger partial charge in [0.25, 0.3) is 0 Å². The van der Waals surface area contributed by atoms with Crippen molar-refractivity contribution < 1.29 is 9.90 Å². The van der Waals surface area contributed by atoms with Crippen LogP contribution in [0.1, 0.15) is 26.5 Å². The molecular formula is C13H14N2O2S. The summed E-state index contributed by atoms with van der Waals surface area (Å²) in [4.78, 5) is 16.3. The second kappa shape index (κ2) is 5.18. The zero-order chi connectivity index (χ0) is 13.1. The van der Waals surface area contributed by atoms with Crippen molar-refractivity contribution >= 4 is 23.0 Å². The van der Waals surface area contributed by atoms with Crippen LogP contribution < -0.4 is 5.32 Å². The molecule has 0 spiro atoms. The first kappa shape index (κ1) is 12.6. The first-order chi connectivity index (χ1) is 8.58. The maximum absolute atomic E-state index is 10.9. The van der Waals surface area contributed by atoms with Crippen molar-refractivity contribution in [2.75, 3.05) is 5.32 Å². The average Bonchev–Trinajstić information content (AvgIpc) is 2.72. The topological polar surface area (TPSA) is 62.2 Å². The molecule has 2 N–H and O–H groups in total. The van der Waals surface area contributed by atoms with Crippen molar-refractivity contribution in [2.24, 2.45) is 0 Å². The Hall–Kier alpha value is -1.88. The van der Waals surface area contributed by atoms with Crippen LogP contribution in [0.5, 0.6) is 0 Å². The molecule has 0 unspecified atom stereocenters. The Bertz CT molecular complexity index is 578. The number of benzene rings is 1. The van der Waals surface area contributed by atoms with E-state index in [1.807, 2.05) is 18.5 Å². The molecule has 0 saturated heterocycles. The van der Waals surface area contributed by atoms with Crippen LogP contribution in [0, 0.1) is 13.8 Å². The van der Waals surface area contributed by atoms with Gasteiger partial charge in [0.2, 0.25) is 0 Å². The van der Waals surface area contributed by atoms with Gasteiger partial charge in [-0.15, -0.1) is 11.3 Å². The second-order valence-corrected chi connectivity index (χ2v) is 4.99. The molecule has 2 aromatic rings. The molecule has 0 aliphatic rings. The molecule has 4 nitrogen and oxygen atoms in total. The van der Waals surface area contributed by atoms with Crippen LogP contribution in [0.4, 0.5) is 5.69 Å². The van der Waals surface area contributed by atoms with Crippen molar-refractivity contribution in [1.82, 2.24) is 4.98 Å². The number of aryl methyl sites for hydroxylation is 2. The van der Waals surface area contributed by atoms with Gasteiger partial charge in [0.1, 0.15) is 0 Å². The van der Waals surface area contributed by atoms with Crippen LogP contribution in [0.25, 0.3) is 0 Å². The molecule has 1 aromatic carbocycles. The molecule has 0 saturated carbocycles. The number of carboxylic acids is 1. The molecule has 1 aromatic heterocycles. The predicted molar refractivity (Wildman–Crippen MR) is 72.3 cm³/mol. The largest absolute Gasteiger partial charge is 0.478 e. The van der Waals surface area contributed by atoms with Gasteiger partial charge < -0.3 is 10.4 Å². The second-order valence-electron chi connectivity index (χ2n) is 4.05. The summed E-state index contributed by atoms with van der Waals surface area (Å²) in [7, 11) is 0. The predicted octanol–water partition coefficient (Wildman–Crippen LogP) is 3.07. The molecule has 0 bridgehead atoms. The number of thiazole rings is 1. The normalized spacial score (nSPS) is 10.3. The summed E-state index contributed by atoms with van der Waals surface area (Å²) in [5, 5.41) is 12.2. The third kappa shape index (κ3) is 2.68. The highest BCUT2D eigenvalue weighted by molar-refractivity contribution is 7.09. The number of carbonyl (C=O) groups is 1. The lowest BCUT2D eigenvalue weighted by Crippen LogP contribution is -2.03. The first-order valence-electron chi connectivity index (χ1n) is 5.54. The lowest BCUT2D eigenvalue weighted by Gasteiger charge is -2.08. The lowest BCUT2D eigenvalue weighted by molar-refractivity contribution is 0.0696. The maximum atomic E-state index is 10.9. The molecule has 0 radical (unpaired) electrons. The number of carboxylic acid groups (broad SMARTS) is 1. The van der Waals surface area contributed by atoms with E-state index in [1.165, 1.54) is 4.88 Å². The van der Waals surface area contributed by atoms with Gasteiger partial charge in [-0.2, -0.15) is 0 Å². The van der Waals surface area contributed by atoms with Crippen molar-refractivity contribution in [3.63, 3.8) is 0 Å². The fraction of sp³-hybridized carbons (Fsp3) is 0.231. The number of hydrogen-bond donors (Lipinski definition) is 2. The third-order valence-electron chi connectivity index (χ3n) is 2.75. The highest BCUT2D eigenvalue weighted by Gasteiger charge is 2.07. The Morgan fingerprint density at radius 1 is 1.44 bits per heavy atom. The molecule has 0 fully saturated rings. The quantitative estimate of drug-likeness (QED) is 0.889. The van der Waals surface area contributed by atoms with Crippen molar-refractivity contribution in [3.05, 3.63) is 45.4 Å². The summed E-state index contributed by atoms with van der Waals surface area (Å²) in [6.07, 6.45) is 0. The number of rotatable bonds is 4. The zero-order valence-corrected chi connectivity index (χ0v) is 11.0. The SMILES string of the molecule is Cc1cc(NCc2scnc2C)ccc1C(=O)O. The number of nitrogens with zero attached hydrogens (tertiary/aromatic N) is 1. The van der Waals surface area contributed by atoms with Crippen molar-refractivity contribution in [2.45, 2.75) is 20.4 Å². The summed E-state index contributed by atoms with van der Waals surface area (Å²) in [6.45, 7) is 4.49. The Kier molecular flexibility index (Phi) is 3.62. The molecule has 1 heterocycles. The Balaban J connectivity index is 2.09. The van der Waals surface area contributed by atoms with E-state index in [0.29, 0.717) is 12.1 Å². The van der Waals surface area contributed by atoms with E-state index in [4.69, 9.17) is 5.11 Å². The summed E-state index contributed by atoms with van der Waals surface area (Å²) in [5.41, 5.74) is 4.88. The van der Waals surface area contributed by atoms with Crippen LogP contribution in [0.15, 0.2) is 23.7 Å². The highest BCUT2D eigenvalue weighted by atomic mass is 32.1. The lowest BCUT2D eigenvalue weighted by atomic mass is 10.1. The molecule has 0 aliphatic carbocycles. The number of aromatic nitrogens is 1. The van der Waals surface area contributed by atoms with Gasteiger partial charge >= 0.3 is 5.97 Å². The van der Waals surface area contributed by atoms with Gasteiger partial charge in [-0.25, -0.2) is 9.78 Å². The fourth-order valence-corrected chi connectivity index (χ4v) is 2.41. The molecule has 5 heteroatoms. The van der Waals surface area contributed by atoms with Gasteiger partial charge in [-0.05, 0) is 37.6 Å². The third-order valence-corrected chi connectivity index (χ3v) is 3.69. The van der Waals surface area contributed by atoms with Gasteiger partial charge in [0.15, 0.2) is 0 Å². The fourth-order valence-electron chi connectivity index (χ4n) is 1.69. The van der Waals surface area contributed by atoms with Crippen LogP contribution in [0.3, 0.4) is 0 Å². The average molecular weight is 262 g/mol. The van der Waals surface area contributed by atoms with E-state index >= 15 is 0 Å². The van der Waals surface area contributed by atoms with E-state index in [-0.39, 0.29) is 0 Å². The number of hydrogen-bond acceptors (Lipinski definition) is 4. The highest BCUT2D eigenvalue weighted by Crippen LogP contribution is 2.18. The first-order valence-corrected chi connectivity index (χ1v) is 6.42. The minimum atomic E-state index is -0.891. The summed E-state index contributed by atoms with van der Waals surface area (Å²) in [5.74, 6) is -0.891. The Labute approximate surface area is 109 Å².